The first-order chi connectivity index (χ1) is 14.2. The minimum atomic E-state index is -1.11. The molecule has 2 atom stereocenters. The second kappa shape index (κ2) is 8.23. The van der Waals surface area contributed by atoms with Crippen molar-refractivity contribution in [2.45, 2.75) is 24.9 Å². The summed E-state index contributed by atoms with van der Waals surface area (Å²) in [7, 11) is 5.86. The van der Waals surface area contributed by atoms with Crippen LogP contribution in [0.25, 0.3) is 0 Å². The lowest BCUT2D eigenvalue weighted by molar-refractivity contribution is 0.0693. The standard InChI is InChI=1S/C15H21N3O2.C7H6O3/c1-15-7-8-17(3)13(15)18(4)12-6-5-10(9-11(12)15)20-14(19)16-2;8-6-4-2-1-3-5(6)7(9)10/h5-6,9,13H,7-8H2,1-4H3,(H,16,19);1-4,8H,(H,9,10). The molecule has 2 aromatic carbocycles. The molecule has 2 aliphatic heterocycles. The summed E-state index contributed by atoms with van der Waals surface area (Å²) in [6.45, 7) is 3.39. The Morgan fingerprint density at radius 3 is 2.50 bits per heavy atom. The number of rotatable bonds is 2. The van der Waals surface area contributed by atoms with Gasteiger partial charge in [-0.05, 0) is 49.4 Å². The number of amides is 1. The van der Waals surface area contributed by atoms with Crippen molar-refractivity contribution in [2.24, 2.45) is 0 Å². The monoisotopic (exact) mass is 413 g/mol. The van der Waals surface area contributed by atoms with Gasteiger partial charge in [0.2, 0.25) is 0 Å². The van der Waals surface area contributed by atoms with Gasteiger partial charge in [0.15, 0.2) is 0 Å². The fourth-order valence-electron chi connectivity index (χ4n) is 4.43. The number of carbonyl (C=O) groups excluding carboxylic acids is 1. The maximum absolute atomic E-state index is 11.4. The van der Waals surface area contributed by atoms with Crippen LogP contribution in [0.1, 0.15) is 29.3 Å². The number of likely N-dealkylation sites (tertiary alicyclic amines) is 1. The third-order valence-electron chi connectivity index (χ3n) is 5.85. The van der Waals surface area contributed by atoms with Crippen molar-refractivity contribution in [2.75, 3.05) is 32.6 Å². The van der Waals surface area contributed by atoms with Crippen molar-refractivity contribution >= 4 is 17.7 Å². The Labute approximate surface area is 175 Å². The number of hydrogen-bond acceptors (Lipinski definition) is 6. The number of nitrogens with one attached hydrogen (secondary N) is 1. The van der Waals surface area contributed by atoms with Crippen LogP contribution in [-0.4, -0.2) is 61.0 Å². The van der Waals surface area contributed by atoms with Gasteiger partial charge in [0.05, 0.1) is 6.17 Å². The summed E-state index contributed by atoms with van der Waals surface area (Å²) in [5.41, 5.74) is 2.53. The molecule has 4 rings (SSSR count). The molecule has 2 aliphatic rings. The van der Waals surface area contributed by atoms with Crippen molar-refractivity contribution in [3.63, 3.8) is 0 Å². The number of carboxylic acid groups (broad SMARTS) is 1. The van der Waals surface area contributed by atoms with Crippen LogP contribution in [-0.2, 0) is 5.41 Å². The number of aromatic carboxylic acids is 1. The molecular formula is C22H27N3O5. The molecule has 8 heteroatoms. The first-order valence-electron chi connectivity index (χ1n) is 9.67. The van der Waals surface area contributed by atoms with Crippen molar-refractivity contribution < 1.29 is 24.5 Å². The van der Waals surface area contributed by atoms with Crippen molar-refractivity contribution in [1.29, 1.82) is 0 Å². The van der Waals surface area contributed by atoms with E-state index in [2.05, 4.69) is 36.1 Å². The summed E-state index contributed by atoms with van der Waals surface area (Å²) in [5.74, 6) is -0.707. The Hall–Kier alpha value is -3.26. The molecule has 160 valence electrons. The molecule has 0 aromatic heterocycles. The van der Waals surface area contributed by atoms with E-state index in [0.29, 0.717) is 11.9 Å². The lowest BCUT2D eigenvalue weighted by Crippen LogP contribution is -2.45. The summed E-state index contributed by atoms with van der Waals surface area (Å²) in [6, 6.07) is 11.7. The smallest absolute Gasteiger partial charge is 0.412 e. The highest BCUT2D eigenvalue weighted by Crippen LogP contribution is 2.51. The average Bonchev–Trinajstić information content (AvgIpc) is 3.14. The van der Waals surface area contributed by atoms with Crippen molar-refractivity contribution in [1.82, 2.24) is 10.2 Å². The SMILES string of the molecule is CNC(=O)Oc1ccc2c(c1)C1(C)CCN(C)C1N2C.O=C(O)c1ccccc1O. The number of carbonyl (C=O) groups is 2. The molecule has 2 heterocycles. The number of fused-ring (bicyclic) bond motifs is 3. The van der Waals surface area contributed by atoms with Crippen LogP contribution in [0.4, 0.5) is 10.5 Å². The summed E-state index contributed by atoms with van der Waals surface area (Å²) in [6.07, 6.45) is 1.07. The van der Waals surface area contributed by atoms with Crippen LogP contribution in [0.15, 0.2) is 42.5 Å². The van der Waals surface area contributed by atoms with E-state index >= 15 is 0 Å². The third-order valence-corrected chi connectivity index (χ3v) is 5.85. The van der Waals surface area contributed by atoms with E-state index in [4.69, 9.17) is 14.9 Å². The van der Waals surface area contributed by atoms with Gasteiger partial charge in [-0.25, -0.2) is 9.59 Å². The number of anilines is 1. The van der Waals surface area contributed by atoms with Gasteiger partial charge in [-0.1, -0.05) is 19.1 Å². The Morgan fingerprint density at radius 2 is 1.90 bits per heavy atom. The lowest BCUT2D eigenvalue weighted by atomic mass is 9.81. The summed E-state index contributed by atoms with van der Waals surface area (Å²) < 4.78 is 5.26. The number of phenols is 1. The zero-order valence-corrected chi connectivity index (χ0v) is 17.5. The first-order valence-corrected chi connectivity index (χ1v) is 9.67. The molecule has 0 saturated carbocycles. The van der Waals surface area contributed by atoms with Crippen molar-refractivity contribution in [3.05, 3.63) is 53.6 Å². The molecule has 0 bridgehead atoms. The average molecular weight is 413 g/mol. The predicted octanol–water partition coefficient (Wildman–Crippen LogP) is 2.86. The highest BCUT2D eigenvalue weighted by atomic mass is 16.5. The van der Waals surface area contributed by atoms with Crippen molar-refractivity contribution in [3.8, 4) is 11.5 Å². The normalized spacial score (nSPS) is 21.9. The zero-order valence-electron chi connectivity index (χ0n) is 17.5. The quantitative estimate of drug-likeness (QED) is 0.696. The second-order valence-corrected chi connectivity index (χ2v) is 7.77. The summed E-state index contributed by atoms with van der Waals surface area (Å²) >= 11 is 0. The van der Waals surface area contributed by atoms with E-state index < -0.39 is 12.1 Å². The van der Waals surface area contributed by atoms with Crippen LogP contribution in [0, 0.1) is 0 Å². The van der Waals surface area contributed by atoms with E-state index in [9.17, 15) is 9.59 Å². The molecular weight excluding hydrogens is 386 g/mol. The van der Waals surface area contributed by atoms with Gasteiger partial charge in [-0.2, -0.15) is 0 Å². The van der Waals surface area contributed by atoms with E-state index in [1.807, 2.05) is 18.2 Å². The predicted molar refractivity (Wildman–Crippen MR) is 113 cm³/mol. The number of nitrogens with zero attached hydrogens (tertiary/aromatic N) is 2. The molecule has 1 amide bonds. The Kier molecular flexibility index (Phi) is 5.89. The second-order valence-electron chi connectivity index (χ2n) is 7.77. The Morgan fingerprint density at radius 1 is 1.20 bits per heavy atom. The maximum Gasteiger partial charge on any atom is 0.412 e. The Bertz CT molecular complexity index is 964. The molecule has 0 radical (unpaired) electrons. The Balaban J connectivity index is 0.000000216. The van der Waals surface area contributed by atoms with Crippen LogP contribution < -0.4 is 15.0 Å². The third kappa shape index (κ3) is 3.78. The number of para-hydroxylation sites is 1. The van der Waals surface area contributed by atoms with Gasteiger partial charge < -0.3 is 25.2 Å². The number of likely N-dealkylation sites (N-methyl/N-ethyl adjacent to an activating group) is 2. The van der Waals surface area contributed by atoms with Crippen LogP contribution in [0.2, 0.25) is 0 Å². The van der Waals surface area contributed by atoms with E-state index in [1.165, 1.54) is 23.4 Å². The first kappa shape index (κ1) is 21.4. The minimum absolute atomic E-state index is 0.0671. The number of hydrogen-bond donors (Lipinski definition) is 3. The highest BCUT2D eigenvalue weighted by molar-refractivity contribution is 5.90. The van der Waals surface area contributed by atoms with Crippen LogP contribution in [0.5, 0.6) is 11.5 Å². The van der Waals surface area contributed by atoms with E-state index in [1.54, 1.807) is 19.2 Å². The molecule has 30 heavy (non-hydrogen) atoms. The molecule has 1 fully saturated rings. The molecule has 3 N–H and O–H groups in total. The van der Waals surface area contributed by atoms with Crippen LogP contribution >= 0.6 is 0 Å². The van der Waals surface area contributed by atoms with Gasteiger partial charge in [0.25, 0.3) is 0 Å². The molecule has 0 spiro atoms. The fraction of sp³-hybridized carbons (Fsp3) is 0.364. The minimum Gasteiger partial charge on any atom is -0.507 e. The molecule has 2 unspecified atom stereocenters. The van der Waals surface area contributed by atoms with Crippen LogP contribution in [0.3, 0.4) is 0 Å². The lowest BCUT2D eigenvalue weighted by Gasteiger charge is -2.32. The molecule has 2 aromatic rings. The van der Waals surface area contributed by atoms with E-state index in [0.717, 1.165) is 13.0 Å². The zero-order chi connectivity index (χ0) is 22.1. The molecule has 8 nitrogen and oxygen atoms in total. The number of benzene rings is 2. The number of carboxylic acids is 1. The van der Waals surface area contributed by atoms with Gasteiger partial charge >= 0.3 is 12.1 Å². The topological polar surface area (TPSA) is 102 Å². The summed E-state index contributed by atoms with van der Waals surface area (Å²) in [4.78, 5) is 26.3. The highest BCUT2D eigenvalue weighted by Gasteiger charge is 2.52. The number of aromatic hydroxyl groups is 1. The largest absolute Gasteiger partial charge is 0.507 e. The maximum atomic E-state index is 11.4. The van der Waals surface area contributed by atoms with Gasteiger partial charge in [0.1, 0.15) is 17.1 Å². The fourth-order valence-corrected chi connectivity index (χ4v) is 4.43. The van der Waals surface area contributed by atoms with Gasteiger partial charge in [-0.15, -0.1) is 0 Å². The molecule has 0 aliphatic carbocycles. The van der Waals surface area contributed by atoms with Gasteiger partial charge in [0, 0.05) is 31.7 Å². The molecule has 1 saturated heterocycles. The van der Waals surface area contributed by atoms with Gasteiger partial charge in [-0.3, -0.25) is 4.90 Å². The number of ether oxygens (including phenoxy) is 1. The summed E-state index contributed by atoms with van der Waals surface area (Å²) in [5, 5.41) is 19.8. The van der Waals surface area contributed by atoms with E-state index in [-0.39, 0.29) is 16.7 Å².